The minimum absolute atomic E-state index is 0.00116. The molecule has 2 rings (SSSR count). The Hall–Kier alpha value is -1.18. The third kappa shape index (κ3) is 3.53. The van der Waals surface area contributed by atoms with E-state index in [2.05, 4.69) is 4.98 Å². The molecule has 6 nitrogen and oxygen atoms in total. The summed E-state index contributed by atoms with van der Waals surface area (Å²) >= 11 is 5.86. The van der Waals surface area contributed by atoms with Gasteiger partial charge in [-0.3, -0.25) is 4.79 Å². The Morgan fingerprint density at radius 3 is 2.71 bits per heavy atom. The van der Waals surface area contributed by atoms with E-state index in [1.54, 1.807) is 6.92 Å². The number of hydrogen-bond acceptors (Lipinski definition) is 5. The first-order valence-corrected chi connectivity index (χ1v) is 8.56. The van der Waals surface area contributed by atoms with Crippen LogP contribution in [0.2, 0.25) is 5.15 Å². The highest BCUT2D eigenvalue weighted by Crippen LogP contribution is 2.27. The molecule has 116 valence electrons. The first kappa shape index (κ1) is 16.2. The Morgan fingerprint density at radius 2 is 2.14 bits per heavy atom. The summed E-state index contributed by atoms with van der Waals surface area (Å²) in [7, 11) is -3.67. The van der Waals surface area contributed by atoms with Crippen LogP contribution in [-0.2, 0) is 19.6 Å². The Morgan fingerprint density at radius 1 is 1.48 bits per heavy atom. The average molecular weight is 333 g/mol. The number of esters is 1. The maximum absolute atomic E-state index is 12.5. The van der Waals surface area contributed by atoms with E-state index in [1.807, 2.05) is 0 Å². The van der Waals surface area contributed by atoms with E-state index in [1.165, 1.54) is 22.6 Å². The van der Waals surface area contributed by atoms with Crippen molar-refractivity contribution in [1.82, 2.24) is 9.29 Å². The number of halogens is 1. The van der Waals surface area contributed by atoms with Crippen molar-refractivity contribution in [3.8, 4) is 0 Å². The summed E-state index contributed by atoms with van der Waals surface area (Å²) < 4.78 is 31.3. The van der Waals surface area contributed by atoms with Crippen molar-refractivity contribution in [1.29, 1.82) is 0 Å². The van der Waals surface area contributed by atoms with Crippen molar-refractivity contribution < 1.29 is 17.9 Å². The first-order chi connectivity index (χ1) is 9.96. The van der Waals surface area contributed by atoms with Crippen molar-refractivity contribution >= 4 is 27.6 Å². The maximum atomic E-state index is 12.5. The third-order valence-electron chi connectivity index (χ3n) is 3.42. The van der Waals surface area contributed by atoms with Crippen LogP contribution in [0.3, 0.4) is 0 Å². The summed E-state index contributed by atoms with van der Waals surface area (Å²) in [4.78, 5) is 15.5. The molecule has 0 amide bonds. The second-order valence-electron chi connectivity index (χ2n) is 4.72. The fraction of sp³-hybridized carbons (Fsp3) is 0.538. The summed E-state index contributed by atoms with van der Waals surface area (Å²) in [6.07, 6.45) is 2.35. The van der Waals surface area contributed by atoms with Crippen LogP contribution in [0, 0.1) is 5.92 Å². The fourth-order valence-electron chi connectivity index (χ4n) is 2.29. The molecule has 0 bridgehead atoms. The smallest absolute Gasteiger partial charge is 0.309 e. The van der Waals surface area contributed by atoms with Gasteiger partial charge in [0.05, 0.1) is 12.5 Å². The van der Waals surface area contributed by atoms with Gasteiger partial charge in [0.25, 0.3) is 0 Å². The standard InChI is InChI=1S/C13H17ClN2O4S/c1-2-20-13(17)10-5-8-16(9-6-10)21(18,19)11-4-3-7-15-12(11)14/h3-4,7,10H,2,5-6,8-9H2,1H3. The van der Waals surface area contributed by atoms with Gasteiger partial charge in [-0.05, 0) is 31.9 Å². The Labute approximate surface area is 129 Å². The molecule has 0 radical (unpaired) electrons. The molecule has 1 aliphatic rings. The van der Waals surface area contributed by atoms with Crippen LogP contribution >= 0.6 is 11.6 Å². The van der Waals surface area contributed by atoms with Crippen LogP contribution in [0.5, 0.6) is 0 Å². The molecule has 0 unspecified atom stereocenters. The van der Waals surface area contributed by atoms with Crippen LogP contribution < -0.4 is 0 Å². The second kappa shape index (κ2) is 6.72. The number of ether oxygens (including phenoxy) is 1. The van der Waals surface area contributed by atoms with E-state index in [9.17, 15) is 13.2 Å². The zero-order valence-corrected chi connectivity index (χ0v) is 13.2. The number of nitrogens with zero attached hydrogens (tertiary/aromatic N) is 2. The van der Waals surface area contributed by atoms with Gasteiger partial charge in [0, 0.05) is 19.3 Å². The number of carbonyl (C=O) groups is 1. The van der Waals surface area contributed by atoms with Gasteiger partial charge in [0.15, 0.2) is 0 Å². The molecule has 8 heteroatoms. The van der Waals surface area contributed by atoms with E-state index < -0.39 is 10.0 Å². The summed E-state index contributed by atoms with van der Waals surface area (Å²) in [5.74, 6) is -0.491. The van der Waals surface area contributed by atoms with Crippen molar-refractivity contribution in [3.63, 3.8) is 0 Å². The molecule has 0 N–H and O–H groups in total. The van der Waals surface area contributed by atoms with Crippen molar-refractivity contribution in [3.05, 3.63) is 23.5 Å². The van der Waals surface area contributed by atoms with Gasteiger partial charge in [0.2, 0.25) is 10.0 Å². The lowest BCUT2D eigenvalue weighted by atomic mass is 9.98. The number of sulfonamides is 1. The molecule has 1 aliphatic heterocycles. The third-order valence-corrected chi connectivity index (χ3v) is 5.76. The van der Waals surface area contributed by atoms with Gasteiger partial charge in [-0.15, -0.1) is 0 Å². The number of piperidine rings is 1. The largest absolute Gasteiger partial charge is 0.466 e. The van der Waals surface area contributed by atoms with E-state index in [4.69, 9.17) is 16.3 Å². The van der Waals surface area contributed by atoms with Crippen molar-refractivity contribution in [2.45, 2.75) is 24.7 Å². The van der Waals surface area contributed by atoms with E-state index in [0.29, 0.717) is 19.4 Å². The predicted molar refractivity (Wildman–Crippen MR) is 77.4 cm³/mol. The van der Waals surface area contributed by atoms with Gasteiger partial charge in [-0.25, -0.2) is 13.4 Å². The molecule has 21 heavy (non-hydrogen) atoms. The van der Waals surface area contributed by atoms with Gasteiger partial charge in [0.1, 0.15) is 10.0 Å². The molecule has 0 spiro atoms. The summed E-state index contributed by atoms with van der Waals surface area (Å²) in [5, 5.41) is -0.0370. The van der Waals surface area contributed by atoms with Gasteiger partial charge in [-0.1, -0.05) is 11.6 Å². The van der Waals surface area contributed by atoms with E-state index >= 15 is 0 Å². The lowest BCUT2D eigenvalue weighted by Gasteiger charge is -2.30. The molecule has 0 aromatic carbocycles. The minimum atomic E-state index is -3.67. The number of rotatable bonds is 4. The van der Waals surface area contributed by atoms with E-state index in [0.717, 1.165) is 0 Å². The van der Waals surface area contributed by atoms with Crippen LogP contribution in [0.15, 0.2) is 23.2 Å². The molecule has 1 saturated heterocycles. The van der Waals surface area contributed by atoms with Crippen LogP contribution in [-0.4, -0.2) is 43.4 Å². The summed E-state index contributed by atoms with van der Waals surface area (Å²) in [5.41, 5.74) is 0. The van der Waals surface area contributed by atoms with Gasteiger partial charge in [-0.2, -0.15) is 4.31 Å². The van der Waals surface area contributed by atoms with Crippen molar-refractivity contribution in [2.75, 3.05) is 19.7 Å². The SMILES string of the molecule is CCOC(=O)C1CCN(S(=O)(=O)c2cccnc2Cl)CC1. The normalized spacial score (nSPS) is 17.6. The molecule has 1 aromatic heterocycles. The number of aromatic nitrogens is 1. The Bertz CT molecular complexity index is 612. The van der Waals surface area contributed by atoms with E-state index in [-0.39, 0.29) is 35.0 Å². The second-order valence-corrected chi connectivity index (χ2v) is 6.99. The quantitative estimate of drug-likeness (QED) is 0.619. The zero-order valence-electron chi connectivity index (χ0n) is 11.7. The highest BCUT2D eigenvalue weighted by molar-refractivity contribution is 7.89. The van der Waals surface area contributed by atoms with Crippen LogP contribution in [0.4, 0.5) is 0 Å². The average Bonchev–Trinajstić information content (AvgIpc) is 2.48. The molecular weight excluding hydrogens is 316 g/mol. The number of carbonyl (C=O) groups excluding carboxylic acids is 1. The molecule has 2 heterocycles. The zero-order chi connectivity index (χ0) is 15.5. The van der Waals surface area contributed by atoms with Crippen LogP contribution in [0.25, 0.3) is 0 Å². The van der Waals surface area contributed by atoms with Gasteiger partial charge >= 0.3 is 5.97 Å². The number of hydrogen-bond donors (Lipinski definition) is 0. The molecule has 0 aliphatic carbocycles. The van der Waals surface area contributed by atoms with Crippen LogP contribution in [0.1, 0.15) is 19.8 Å². The van der Waals surface area contributed by atoms with Crippen molar-refractivity contribution in [2.24, 2.45) is 5.92 Å². The first-order valence-electron chi connectivity index (χ1n) is 6.74. The molecule has 0 saturated carbocycles. The predicted octanol–water partition coefficient (Wildman–Crippen LogP) is 1.70. The number of pyridine rings is 1. The Balaban J connectivity index is 2.08. The lowest BCUT2D eigenvalue weighted by Crippen LogP contribution is -2.40. The summed E-state index contributed by atoms with van der Waals surface area (Å²) in [6.45, 7) is 2.64. The molecular formula is C13H17ClN2O4S. The summed E-state index contributed by atoms with van der Waals surface area (Å²) in [6, 6.07) is 2.96. The fourth-order valence-corrected chi connectivity index (χ4v) is 4.19. The maximum Gasteiger partial charge on any atom is 0.309 e. The van der Waals surface area contributed by atoms with Gasteiger partial charge < -0.3 is 4.74 Å². The lowest BCUT2D eigenvalue weighted by molar-refractivity contribution is -0.149. The minimum Gasteiger partial charge on any atom is -0.466 e. The monoisotopic (exact) mass is 332 g/mol. The topological polar surface area (TPSA) is 76.6 Å². The molecule has 1 aromatic rings. The molecule has 1 fully saturated rings. The molecule has 0 atom stereocenters. The Kier molecular flexibility index (Phi) is 5.18. The highest BCUT2D eigenvalue weighted by Gasteiger charge is 2.33. The highest BCUT2D eigenvalue weighted by atomic mass is 35.5.